The molecule has 2 rings (SSSR count). The third-order valence-electron chi connectivity index (χ3n) is 2.68. The molecule has 0 atom stereocenters. The number of nitrogens with two attached hydrogens (primary N) is 1. The molecule has 6 heteroatoms. The molecular formula is C14H12F2N2O2. The summed E-state index contributed by atoms with van der Waals surface area (Å²) in [5.74, 6) is -1.39. The number of methoxy groups -OCH3 is 1. The topological polar surface area (TPSA) is 64.3 Å². The van der Waals surface area contributed by atoms with Crippen molar-refractivity contribution in [3.05, 3.63) is 53.6 Å². The van der Waals surface area contributed by atoms with E-state index < -0.39 is 17.5 Å². The van der Waals surface area contributed by atoms with E-state index in [-0.39, 0.29) is 16.9 Å². The van der Waals surface area contributed by atoms with E-state index in [1.807, 2.05) is 0 Å². The molecular weight excluding hydrogens is 266 g/mol. The molecule has 0 aliphatic carbocycles. The van der Waals surface area contributed by atoms with Gasteiger partial charge in [0.1, 0.15) is 17.4 Å². The highest BCUT2D eigenvalue weighted by Gasteiger charge is 2.13. The van der Waals surface area contributed by atoms with Gasteiger partial charge in [-0.3, -0.25) is 4.79 Å². The van der Waals surface area contributed by atoms with E-state index in [1.165, 1.54) is 31.4 Å². The molecule has 0 saturated heterocycles. The molecule has 3 N–H and O–H groups in total. The molecule has 0 spiro atoms. The Morgan fingerprint density at radius 3 is 2.60 bits per heavy atom. The van der Waals surface area contributed by atoms with E-state index in [2.05, 4.69) is 5.32 Å². The van der Waals surface area contributed by atoms with Crippen molar-refractivity contribution in [1.29, 1.82) is 0 Å². The van der Waals surface area contributed by atoms with Crippen LogP contribution in [0.15, 0.2) is 36.4 Å². The Hall–Kier alpha value is -2.63. The summed E-state index contributed by atoms with van der Waals surface area (Å²) in [6, 6.07) is 7.30. The van der Waals surface area contributed by atoms with Gasteiger partial charge in [-0.15, -0.1) is 0 Å². The molecule has 0 aliphatic rings. The van der Waals surface area contributed by atoms with Crippen molar-refractivity contribution < 1.29 is 18.3 Å². The first kappa shape index (κ1) is 13.8. The highest BCUT2D eigenvalue weighted by Crippen LogP contribution is 2.22. The van der Waals surface area contributed by atoms with Gasteiger partial charge in [-0.2, -0.15) is 0 Å². The monoisotopic (exact) mass is 278 g/mol. The molecule has 0 radical (unpaired) electrons. The Balaban J connectivity index is 2.27. The summed E-state index contributed by atoms with van der Waals surface area (Å²) in [7, 11) is 1.43. The van der Waals surface area contributed by atoms with Crippen LogP contribution in [0, 0.1) is 11.6 Å². The first-order valence-corrected chi connectivity index (χ1v) is 5.71. The molecule has 20 heavy (non-hydrogen) atoms. The highest BCUT2D eigenvalue weighted by molar-refractivity contribution is 6.07. The Labute approximate surface area is 114 Å². The van der Waals surface area contributed by atoms with Crippen molar-refractivity contribution in [1.82, 2.24) is 0 Å². The number of carbonyl (C=O) groups is 1. The average molecular weight is 278 g/mol. The molecule has 4 nitrogen and oxygen atoms in total. The maximum atomic E-state index is 13.6. The second-order valence-corrected chi connectivity index (χ2v) is 4.03. The molecule has 0 unspecified atom stereocenters. The van der Waals surface area contributed by atoms with Crippen LogP contribution in [0.3, 0.4) is 0 Å². The summed E-state index contributed by atoms with van der Waals surface area (Å²) in [5, 5.41) is 2.37. The molecule has 0 aromatic heterocycles. The van der Waals surface area contributed by atoms with Gasteiger partial charge in [0.05, 0.1) is 18.4 Å². The van der Waals surface area contributed by atoms with E-state index in [0.29, 0.717) is 5.75 Å². The number of halogens is 2. The highest BCUT2D eigenvalue weighted by atomic mass is 19.1. The molecule has 0 heterocycles. The van der Waals surface area contributed by atoms with Crippen LogP contribution in [0.2, 0.25) is 0 Å². The summed E-state index contributed by atoms with van der Waals surface area (Å²) in [6.45, 7) is 0. The van der Waals surface area contributed by atoms with E-state index in [9.17, 15) is 13.6 Å². The maximum absolute atomic E-state index is 13.6. The Morgan fingerprint density at radius 2 is 1.95 bits per heavy atom. The van der Waals surface area contributed by atoms with E-state index >= 15 is 0 Å². The zero-order valence-corrected chi connectivity index (χ0v) is 10.6. The van der Waals surface area contributed by atoms with Crippen LogP contribution in [0.25, 0.3) is 0 Å². The number of nitrogens with one attached hydrogen (secondary N) is 1. The van der Waals surface area contributed by atoms with Gasteiger partial charge in [0, 0.05) is 11.8 Å². The summed E-state index contributed by atoms with van der Waals surface area (Å²) < 4.78 is 31.4. The van der Waals surface area contributed by atoms with Crippen molar-refractivity contribution in [2.24, 2.45) is 0 Å². The molecule has 0 saturated carbocycles. The number of hydrogen-bond donors (Lipinski definition) is 2. The van der Waals surface area contributed by atoms with E-state index in [4.69, 9.17) is 10.5 Å². The Bertz CT molecular complexity index is 660. The summed E-state index contributed by atoms with van der Waals surface area (Å²) in [4.78, 5) is 12.0. The van der Waals surface area contributed by atoms with Gasteiger partial charge in [0.2, 0.25) is 0 Å². The van der Waals surface area contributed by atoms with Gasteiger partial charge in [0.15, 0.2) is 0 Å². The van der Waals surface area contributed by atoms with Gasteiger partial charge in [-0.1, -0.05) is 0 Å². The van der Waals surface area contributed by atoms with Crippen LogP contribution in [0.4, 0.5) is 20.2 Å². The minimum atomic E-state index is -0.630. The number of anilines is 2. The van der Waals surface area contributed by atoms with Crippen LogP contribution in [-0.4, -0.2) is 13.0 Å². The first-order valence-electron chi connectivity index (χ1n) is 5.71. The minimum absolute atomic E-state index is 0.0224. The van der Waals surface area contributed by atoms with Gasteiger partial charge in [-0.05, 0) is 30.3 Å². The standard InChI is InChI=1S/C14H12F2N2O2/c1-20-9-3-5-11(16)13(7-9)18-14(19)10-4-2-8(15)6-12(10)17/h2-7H,17H2,1H3,(H,18,19). The number of nitrogen functional groups attached to an aromatic ring is 1. The van der Waals surface area contributed by atoms with Crippen LogP contribution in [-0.2, 0) is 0 Å². The summed E-state index contributed by atoms with van der Waals surface area (Å²) >= 11 is 0. The second kappa shape index (κ2) is 5.56. The molecule has 1 amide bonds. The number of amides is 1. The smallest absolute Gasteiger partial charge is 0.257 e. The van der Waals surface area contributed by atoms with Crippen molar-refractivity contribution in [3.8, 4) is 5.75 Å². The average Bonchev–Trinajstić information content (AvgIpc) is 2.41. The SMILES string of the molecule is COc1ccc(F)c(NC(=O)c2ccc(F)cc2N)c1. The van der Waals surface area contributed by atoms with Crippen molar-refractivity contribution in [3.63, 3.8) is 0 Å². The molecule has 2 aromatic carbocycles. The fourth-order valence-corrected chi connectivity index (χ4v) is 1.66. The zero-order valence-electron chi connectivity index (χ0n) is 10.6. The maximum Gasteiger partial charge on any atom is 0.257 e. The lowest BCUT2D eigenvalue weighted by molar-refractivity contribution is 0.102. The number of ether oxygens (including phenoxy) is 1. The molecule has 0 bridgehead atoms. The number of carbonyl (C=O) groups excluding carboxylic acids is 1. The van der Waals surface area contributed by atoms with Crippen LogP contribution in [0.5, 0.6) is 5.75 Å². The van der Waals surface area contributed by atoms with E-state index in [0.717, 1.165) is 12.1 Å². The van der Waals surface area contributed by atoms with E-state index in [1.54, 1.807) is 0 Å². The third-order valence-corrected chi connectivity index (χ3v) is 2.68. The van der Waals surface area contributed by atoms with Crippen LogP contribution < -0.4 is 15.8 Å². The van der Waals surface area contributed by atoms with Gasteiger partial charge >= 0.3 is 0 Å². The Morgan fingerprint density at radius 1 is 1.20 bits per heavy atom. The van der Waals surface area contributed by atoms with Crippen molar-refractivity contribution >= 4 is 17.3 Å². The predicted octanol–water partition coefficient (Wildman–Crippen LogP) is 2.81. The minimum Gasteiger partial charge on any atom is -0.497 e. The molecule has 0 aliphatic heterocycles. The molecule has 104 valence electrons. The fraction of sp³-hybridized carbons (Fsp3) is 0.0714. The number of rotatable bonds is 3. The van der Waals surface area contributed by atoms with Crippen molar-refractivity contribution in [2.45, 2.75) is 0 Å². The van der Waals surface area contributed by atoms with Crippen molar-refractivity contribution in [2.75, 3.05) is 18.2 Å². The third kappa shape index (κ3) is 2.85. The lowest BCUT2D eigenvalue weighted by Gasteiger charge is -2.09. The normalized spacial score (nSPS) is 10.2. The second-order valence-electron chi connectivity index (χ2n) is 4.03. The summed E-state index contributed by atoms with van der Waals surface area (Å²) in [5.41, 5.74) is 5.55. The van der Waals surface area contributed by atoms with Gasteiger partial charge in [0.25, 0.3) is 5.91 Å². The quantitative estimate of drug-likeness (QED) is 0.848. The van der Waals surface area contributed by atoms with Gasteiger partial charge in [-0.25, -0.2) is 8.78 Å². The van der Waals surface area contributed by atoms with Gasteiger partial charge < -0.3 is 15.8 Å². The predicted molar refractivity (Wildman–Crippen MR) is 71.7 cm³/mol. The Kier molecular flexibility index (Phi) is 3.84. The number of benzene rings is 2. The zero-order chi connectivity index (χ0) is 14.7. The lowest BCUT2D eigenvalue weighted by atomic mass is 10.1. The lowest BCUT2D eigenvalue weighted by Crippen LogP contribution is -2.15. The van der Waals surface area contributed by atoms with Crippen LogP contribution >= 0.6 is 0 Å². The largest absolute Gasteiger partial charge is 0.497 e. The molecule has 0 fully saturated rings. The number of hydrogen-bond acceptors (Lipinski definition) is 3. The first-order chi connectivity index (χ1) is 9.51. The fourth-order valence-electron chi connectivity index (χ4n) is 1.66. The van der Waals surface area contributed by atoms with Crippen LogP contribution in [0.1, 0.15) is 10.4 Å². The molecule has 2 aromatic rings. The summed E-state index contributed by atoms with van der Waals surface area (Å²) in [6.07, 6.45) is 0.